The van der Waals surface area contributed by atoms with Crippen LogP contribution < -0.4 is 4.74 Å². The van der Waals surface area contributed by atoms with Gasteiger partial charge in [-0.2, -0.15) is 0 Å². The molecule has 0 unspecified atom stereocenters. The van der Waals surface area contributed by atoms with E-state index in [0.717, 1.165) is 28.9 Å². The lowest BCUT2D eigenvalue weighted by Gasteiger charge is -2.20. The predicted molar refractivity (Wildman–Crippen MR) is 106 cm³/mol. The summed E-state index contributed by atoms with van der Waals surface area (Å²) in [7, 11) is 0. The average Bonchev–Trinajstić information content (AvgIpc) is 2.67. The zero-order chi connectivity index (χ0) is 18.4. The SMILES string of the molecule is C[C@H](Oc1ccc(-c2cccc(Cl)c2)cc1)[C@H](O)CCc1cccnc1. The smallest absolute Gasteiger partial charge is 0.122 e. The van der Waals surface area contributed by atoms with Gasteiger partial charge in [-0.25, -0.2) is 0 Å². The molecule has 3 aromatic rings. The van der Waals surface area contributed by atoms with E-state index in [1.807, 2.05) is 73.8 Å². The molecule has 0 fully saturated rings. The van der Waals surface area contributed by atoms with Crippen LogP contribution in [0.3, 0.4) is 0 Å². The largest absolute Gasteiger partial charge is 0.488 e. The number of hydrogen-bond acceptors (Lipinski definition) is 3. The first kappa shape index (κ1) is 18.4. The second-order valence-electron chi connectivity index (χ2n) is 6.32. The third kappa shape index (κ3) is 5.07. The third-order valence-electron chi connectivity index (χ3n) is 4.33. The topological polar surface area (TPSA) is 42.4 Å². The van der Waals surface area contributed by atoms with Gasteiger partial charge in [0.25, 0.3) is 0 Å². The molecule has 26 heavy (non-hydrogen) atoms. The number of aliphatic hydroxyl groups is 1. The number of hydrogen-bond donors (Lipinski definition) is 1. The summed E-state index contributed by atoms with van der Waals surface area (Å²) in [5.74, 6) is 0.740. The Morgan fingerprint density at radius 3 is 2.54 bits per heavy atom. The number of halogens is 1. The first-order chi connectivity index (χ1) is 12.6. The van der Waals surface area contributed by atoms with Crippen molar-refractivity contribution in [3.63, 3.8) is 0 Å². The van der Waals surface area contributed by atoms with Gasteiger partial charge in [0.15, 0.2) is 0 Å². The first-order valence-electron chi connectivity index (χ1n) is 8.71. The fourth-order valence-corrected chi connectivity index (χ4v) is 2.97. The number of benzene rings is 2. The molecule has 3 rings (SSSR count). The minimum absolute atomic E-state index is 0.288. The van der Waals surface area contributed by atoms with E-state index in [9.17, 15) is 5.11 Å². The van der Waals surface area contributed by atoms with Crippen molar-refractivity contribution in [2.24, 2.45) is 0 Å². The molecule has 0 bridgehead atoms. The third-order valence-corrected chi connectivity index (χ3v) is 4.56. The minimum atomic E-state index is -0.539. The summed E-state index contributed by atoms with van der Waals surface area (Å²) in [5.41, 5.74) is 3.25. The monoisotopic (exact) mass is 367 g/mol. The van der Waals surface area contributed by atoms with Gasteiger partial charge in [-0.3, -0.25) is 4.98 Å². The van der Waals surface area contributed by atoms with E-state index in [2.05, 4.69) is 4.98 Å². The van der Waals surface area contributed by atoms with Crippen LogP contribution in [0.15, 0.2) is 73.1 Å². The second kappa shape index (κ2) is 8.84. The van der Waals surface area contributed by atoms with Gasteiger partial charge >= 0.3 is 0 Å². The number of aromatic nitrogens is 1. The van der Waals surface area contributed by atoms with Gasteiger partial charge in [-0.1, -0.05) is 41.9 Å². The normalized spacial score (nSPS) is 13.2. The van der Waals surface area contributed by atoms with Crippen LogP contribution in [0.5, 0.6) is 5.75 Å². The van der Waals surface area contributed by atoms with Crippen molar-refractivity contribution in [3.8, 4) is 16.9 Å². The molecule has 0 saturated heterocycles. The quantitative estimate of drug-likeness (QED) is 0.627. The number of aryl methyl sites for hydroxylation is 1. The van der Waals surface area contributed by atoms with Crippen molar-refractivity contribution in [1.82, 2.24) is 4.98 Å². The Morgan fingerprint density at radius 1 is 1.04 bits per heavy atom. The standard InChI is InChI=1S/C22H22ClNO2/c1-16(22(25)12-7-17-4-3-13-24-15-17)26-21-10-8-18(9-11-21)19-5-2-6-20(23)14-19/h2-6,8-11,13-16,22,25H,7,12H2,1H3/t16-,22+/m0/s1. The van der Waals surface area contributed by atoms with Gasteiger partial charge in [0.05, 0.1) is 6.10 Å². The maximum absolute atomic E-state index is 10.3. The molecule has 1 heterocycles. The Bertz CT molecular complexity index is 821. The highest BCUT2D eigenvalue weighted by molar-refractivity contribution is 6.30. The molecule has 0 amide bonds. The molecule has 1 N–H and O–H groups in total. The summed E-state index contributed by atoms with van der Waals surface area (Å²) < 4.78 is 5.89. The lowest BCUT2D eigenvalue weighted by Crippen LogP contribution is -2.29. The number of aliphatic hydroxyl groups excluding tert-OH is 1. The van der Waals surface area contributed by atoms with Crippen LogP contribution in [0.1, 0.15) is 18.9 Å². The van der Waals surface area contributed by atoms with Gasteiger partial charge in [0.2, 0.25) is 0 Å². The highest BCUT2D eigenvalue weighted by Gasteiger charge is 2.16. The van der Waals surface area contributed by atoms with E-state index >= 15 is 0 Å². The van der Waals surface area contributed by atoms with E-state index in [0.29, 0.717) is 11.4 Å². The fraction of sp³-hybridized carbons (Fsp3) is 0.227. The first-order valence-corrected chi connectivity index (χ1v) is 9.09. The molecule has 0 radical (unpaired) electrons. The number of pyridine rings is 1. The van der Waals surface area contributed by atoms with Gasteiger partial charge in [0, 0.05) is 17.4 Å². The Labute approximate surface area is 159 Å². The van der Waals surface area contributed by atoms with Crippen molar-refractivity contribution in [2.45, 2.75) is 32.0 Å². The molecule has 4 heteroatoms. The van der Waals surface area contributed by atoms with Crippen LogP contribution in [0.2, 0.25) is 5.02 Å². The second-order valence-corrected chi connectivity index (χ2v) is 6.76. The van der Waals surface area contributed by atoms with Gasteiger partial charge in [-0.05, 0) is 66.8 Å². The van der Waals surface area contributed by atoms with Crippen molar-refractivity contribution in [3.05, 3.63) is 83.6 Å². The van der Waals surface area contributed by atoms with Crippen LogP contribution >= 0.6 is 11.6 Å². The van der Waals surface area contributed by atoms with Gasteiger partial charge < -0.3 is 9.84 Å². The molecule has 0 aliphatic heterocycles. The highest BCUT2D eigenvalue weighted by Crippen LogP contribution is 2.25. The fourth-order valence-electron chi connectivity index (χ4n) is 2.78. The van der Waals surface area contributed by atoms with Crippen molar-refractivity contribution < 1.29 is 9.84 Å². The lowest BCUT2D eigenvalue weighted by atomic mass is 10.0. The Balaban J connectivity index is 1.56. The van der Waals surface area contributed by atoms with Gasteiger partial charge in [-0.15, -0.1) is 0 Å². The highest BCUT2D eigenvalue weighted by atomic mass is 35.5. The van der Waals surface area contributed by atoms with Crippen molar-refractivity contribution in [2.75, 3.05) is 0 Å². The van der Waals surface area contributed by atoms with Crippen LogP contribution in [-0.2, 0) is 6.42 Å². The molecule has 2 atom stereocenters. The molecular weight excluding hydrogens is 346 g/mol. The summed E-state index contributed by atoms with van der Waals surface area (Å²) in [5, 5.41) is 11.1. The molecule has 0 saturated carbocycles. The number of ether oxygens (including phenoxy) is 1. The minimum Gasteiger partial charge on any atom is -0.488 e. The molecule has 0 spiro atoms. The van der Waals surface area contributed by atoms with E-state index in [1.54, 1.807) is 6.20 Å². The maximum Gasteiger partial charge on any atom is 0.122 e. The maximum atomic E-state index is 10.3. The van der Waals surface area contributed by atoms with Crippen LogP contribution in [0.25, 0.3) is 11.1 Å². The summed E-state index contributed by atoms with van der Waals surface area (Å²) in [4.78, 5) is 4.09. The Kier molecular flexibility index (Phi) is 6.26. The summed E-state index contributed by atoms with van der Waals surface area (Å²) in [6, 6.07) is 19.5. The summed E-state index contributed by atoms with van der Waals surface area (Å²) in [6.45, 7) is 1.89. The molecule has 0 aliphatic carbocycles. The van der Waals surface area contributed by atoms with Crippen molar-refractivity contribution >= 4 is 11.6 Å². The molecule has 0 aliphatic rings. The van der Waals surface area contributed by atoms with Crippen molar-refractivity contribution in [1.29, 1.82) is 0 Å². The van der Waals surface area contributed by atoms with Gasteiger partial charge in [0.1, 0.15) is 11.9 Å². The zero-order valence-corrected chi connectivity index (χ0v) is 15.4. The van der Waals surface area contributed by atoms with E-state index in [4.69, 9.17) is 16.3 Å². The lowest BCUT2D eigenvalue weighted by molar-refractivity contribution is 0.0420. The summed E-state index contributed by atoms with van der Waals surface area (Å²) in [6.07, 6.45) is 4.15. The van der Waals surface area contributed by atoms with E-state index in [-0.39, 0.29) is 6.10 Å². The molecule has 2 aromatic carbocycles. The van der Waals surface area contributed by atoms with Crippen LogP contribution in [-0.4, -0.2) is 22.3 Å². The molecule has 1 aromatic heterocycles. The molecule has 134 valence electrons. The predicted octanol–water partition coefficient (Wildman–Crippen LogP) is 5.16. The van der Waals surface area contributed by atoms with E-state index < -0.39 is 6.10 Å². The van der Waals surface area contributed by atoms with E-state index in [1.165, 1.54) is 0 Å². The van der Waals surface area contributed by atoms with Crippen LogP contribution in [0, 0.1) is 0 Å². The molecule has 3 nitrogen and oxygen atoms in total. The Morgan fingerprint density at radius 2 is 1.85 bits per heavy atom. The molecular formula is C22H22ClNO2. The summed E-state index contributed by atoms with van der Waals surface area (Å²) >= 11 is 6.05. The number of nitrogens with zero attached hydrogens (tertiary/aromatic N) is 1. The zero-order valence-electron chi connectivity index (χ0n) is 14.7. The Hall–Kier alpha value is -2.36. The number of rotatable bonds is 7. The average molecular weight is 368 g/mol. The van der Waals surface area contributed by atoms with Crippen LogP contribution in [0.4, 0.5) is 0 Å².